The summed E-state index contributed by atoms with van der Waals surface area (Å²) < 4.78 is 5.28. The third kappa shape index (κ3) is 5.16. The van der Waals surface area contributed by atoms with Gasteiger partial charge in [-0.15, -0.1) is 0 Å². The van der Waals surface area contributed by atoms with Crippen molar-refractivity contribution in [3.05, 3.63) is 24.3 Å². The van der Waals surface area contributed by atoms with Gasteiger partial charge < -0.3 is 25.0 Å². The molecule has 0 saturated carbocycles. The Balaban J connectivity index is 2.01. The van der Waals surface area contributed by atoms with Crippen molar-refractivity contribution in [1.29, 1.82) is 0 Å². The third-order valence-corrected chi connectivity index (χ3v) is 3.44. The highest BCUT2D eigenvalue weighted by Crippen LogP contribution is 2.02. The van der Waals surface area contributed by atoms with Crippen LogP contribution in [0.1, 0.15) is 0 Å². The number of aliphatic hydroxyl groups excluding tert-OH is 1. The summed E-state index contributed by atoms with van der Waals surface area (Å²) in [5.41, 5.74) is 0. The lowest BCUT2D eigenvalue weighted by Crippen LogP contribution is -2.50. The minimum Gasteiger partial charge on any atom is -0.395 e. The van der Waals surface area contributed by atoms with Gasteiger partial charge in [0.25, 0.3) is 0 Å². The van der Waals surface area contributed by atoms with E-state index in [9.17, 15) is 4.79 Å². The molecule has 1 amide bonds. The number of guanidine groups is 1. The van der Waals surface area contributed by atoms with Crippen molar-refractivity contribution in [2.75, 3.05) is 59.1 Å². The summed E-state index contributed by atoms with van der Waals surface area (Å²) in [6.45, 7) is 4.31. The zero-order chi connectivity index (χ0) is 15.6. The highest BCUT2D eigenvalue weighted by Gasteiger charge is 2.21. The molecule has 122 valence electrons. The number of carbonyl (C=O) groups is 1. The van der Waals surface area contributed by atoms with Crippen LogP contribution in [0.25, 0.3) is 0 Å². The molecular weight excluding hydrogens is 284 g/mol. The van der Waals surface area contributed by atoms with Gasteiger partial charge in [-0.3, -0.25) is 4.79 Å². The molecule has 2 aliphatic rings. The number of ether oxygens (including phenoxy) is 1. The van der Waals surface area contributed by atoms with E-state index >= 15 is 0 Å². The van der Waals surface area contributed by atoms with Crippen LogP contribution in [0.4, 0.5) is 0 Å². The van der Waals surface area contributed by atoms with Gasteiger partial charge in [0.15, 0.2) is 5.96 Å². The summed E-state index contributed by atoms with van der Waals surface area (Å²) >= 11 is 0. The fourth-order valence-corrected chi connectivity index (χ4v) is 2.28. The predicted molar refractivity (Wildman–Crippen MR) is 84.6 cm³/mol. The van der Waals surface area contributed by atoms with Crippen LogP contribution in [0.15, 0.2) is 29.3 Å². The Bertz CT molecular complexity index is 442. The molecule has 0 atom stereocenters. The summed E-state index contributed by atoms with van der Waals surface area (Å²) in [4.78, 5) is 20.6. The van der Waals surface area contributed by atoms with Crippen molar-refractivity contribution in [2.24, 2.45) is 4.99 Å². The highest BCUT2D eigenvalue weighted by molar-refractivity contribution is 5.87. The second kappa shape index (κ2) is 9.22. The Kier molecular flexibility index (Phi) is 6.92. The zero-order valence-electron chi connectivity index (χ0n) is 12.8. The monoisotopic (exact) mass is 308 g/mol. The smallest absolute Gasteiger partial charge is 0.242 e. The first-order chi connectivity index (χ1) is 10.8. The minimum atomic E-state index is 0.0238. The highest BCUT2D eigenvalue weighted by atomic mass is 16.5. The number of aliphatic imine (C=N–C) groups is 1. The van der Waals surface area contributed by atoms with Gasteiger partial charge in [-0.1, -0.05) is 24.3 Å². The predicted octanol–water partition coefficient (Wildman–Crippen LogP) is -0.789. The molecule has 22 heavy (non-hydrogen) atoms. The molecule has 0 aromatic heterocycles. The molecular formula is C15H24N4O3. The lowest BCUT2D eigenvalue weighted by Gasteiger charge is -2.31. The van der Waals surface area contributed by atoms with Gasteiger partial charge in [0.05, 0.1) is 26.4 Å². The number of rotatable bonds is 4. The maximum absolute atomic E-state index is 12.4. The number of nitrogens with one attached hydrogen (secondary N) is 1. The summed E-state index contributed by atoms with van der Waals surface area (Å²) in [5.74, 6) is 0.717. The summed E-state index contributed by atoms with van der Waals surface area (Å²) in [6.07, 6.45) is 7.84. The van der Waals surface area contributed by atoms with Gasteiger partial charge in [0.1, 0.15) is 6.54 Å². The molecule has 7 heteroatoms. The molecule has 7 nitrogen and oxygen atoms in total. The average Bonchev–Trinajstić information content (AvgIpc) is 2.66. The van der Waals surface area contributed by atoms with Gasteiger partial charge in [-0.25, -0.2) is 4.99 Å². The number of amides is 1. The normalized spacial score (nSPS) is 22.1. The van der Waals surface area contributed by atoms with Crippen molar-refractivity contribution >= 4 is 11.9 Å². The first-order valence-electron chi connectivity index (χ1n) is 7.62. The van der Waals surface area contributed by atoms with Crippen LogP contribution >= 0.6 is 0 Å². The lowest BCUT2D eigenvalue weighted by molar-refractivity contribution is -0.135. The fourth-order valence-electron chi connectivity index (χ4n) is 2.28. The molecule has 0 spiro atoms. The Hall–Kier alpha value is -1.86. The Morgan fingerprint density at radius 3 is 2.86 bits per heavy atom. The van der Waals surface area contributed by atoms with Gasteiger partial charge in [-0.05, 0) is 0 Å². The number of hydrogen-bond acceptors (Lipinski definition) is 6. The maximum Gasteiger partial charge on any atom is 0.242 e. The first kappa shape index (κ1) is 16.5. The second-order valence-corrected chi connectivity index (χ2v) is 5.04. The molecule has 0 aromatic carbocycles. The van der Waals surface area contributed by atoms with Gasteiger partial charge in [0, 0.05) is 26.2 Å². The maximum atomic E-state index is 12.4. The van der Waals surface area contributed by atoms with E-state index in [1.54, 1.807) is 0 Å². The van der Waals surface area contributed by atoms with E-state index in [0.717, 1.165) is 0 Å². The van der Waals surface area contributed by atoms with Crippen molar-refractivity contribution in [3.63, 3.8) is 0 Å². The third-order valence-electron chi connectivity index (χ3n) is 3.44. The molecule has 0 aliphatic carbocycles. The molecule has 0 bridgehead atoms. The van der Waals surface area contributed by atoms with E-state index in [1.165, 1.54) is 0 Å². The quantitative estimate of drug-likeness (QED) is 0.712. The van der Waals surface area contributed by atoms with Gasteiger partial charge >= 0.3 is 0 Å². The largest absolute Gasteiger partial charge is 0.395 e. The van der Waals surface area contributed by atoms with Crippen LogP contribution < -0.4 is 5.32 Å². The van der Waals surface area contributed by atoms with E-state index in [1.807, 2.05) is 34.1 Å². The van der Waals surface area contributed by atoms with Crippen molar-refractivity contribution in [2.45, 2.75) is 0 Å². The summed E-state index contributed by atoms with van der Waals surface area (Å²) in [7, 11) is 0. The standard InChI is InChI=1S/C15H24N4O3/c20-10-6-17-15-16-5-3-1-2-4-7-19(15)13-14(21)18-8-11-22-12-9-18/h1-4,20H,5-13H2,(H,16,17)/b3-1-,4-2-. The number of carbonyl (C=O) groups excluding carboxylic acids is 1. The van der Waals surface area contributed by atoms with Crippen molar-refractivity contribution < 1.29 is 14.6 Å². The minimum absolute atomic E-state index is 0.0238. The van der Waals surface area contributed by atoms with Gasteiger partial charge in [0.2, 0.25) is 5.91 Å². The second-order valence-electron chi connectivity index (χ2n) is 5.04. The summed E-state index contributed by atoms with van der Waals surface area (Å²) in [5, 5.41) is 12.1. The first-order valence-corrected chi connectivity index (χ1v) is 7.62. The van der Waals surface area contributed by atoms with Crippen LogP contribution in [0.5, 0.6) is 0 Å². The number of allylic oxidation sites excluding steroid dienone is 2. The van der Waals surface area contributed by atoms with E-state index in [0.29, 0.717) is 51.9 Å². The Labute approximate surface area is 130 Å². The Morgan fingerprint density at radius 2 is 2.09 bits per heavy atom. The van der Waals surface area contributed by atoms with E-state index in [4.69, 9.17) is 9.84 Å². The molecule has 2 N–H and O–H groups in total. The molecule has 1 fully saturated rings. The number of nitrogens with zero attached hydrogens (tertiary/aromatic N) is 3. The van der Waals surface area contributed by atoms with Crippen LogP contribution in [0, 0.1) is 0 Å². The van der Waals surface area contributed by atoms with Crippen LogP contribution in [-0.2, 0) is 9.53 Å². The lowest BCUT2D eigenvalue weighted by atomic mass is 10.3. The summed E-state index contributed by atoms with van der Waals surface area (Å²) in [6, 6.07) is 0. The zero-order valence-corrected chi connectivity index (χ0v) is 12.8. The Morgan fingerprint density at radius 1 is 1.32 bits per heavy atom. The van der Waals surface area contributed by atoms with E-state index in [2.05, 4.69) is 10.3 Å². The molecule has 0 radical (unpaired) electrons. The number of hydrogen-bond donors (Lipinski definition) is 2. The molecule has 1 saturated heterocycles. The van der Waals surface area contributed by atoms with E-state index < -0.39 is 0 Å². The van der Waals surface area contributed by atoms with Crippen molar-refractivity contribution in [3.8, 4) is 0 Å². The average molecular weight is 308 g/mol. The molecule has 2 heterocycles. The van der Waals surface area contributed by atoms with E-state index in [-0.39, 0.29) is 19.1 Å². The molecule has 0 aromatic rings. The SMILES string of the molecule is O=C(CN1C/C=C\C=C/CN=C1NCCO)N1CCOCC1. The van der Waals surface area contributed by atoms with Gasteiger partial charge in [-0.2, -0.15) is 0 Å². The topological polar surface area (TPSA) is 77.4 Å². The molecule has 2 aliphatic heterocycles. The van der Waals surface area contributed by atoms with Crippen LogP contribution in [0.3, 0.4) is 0 Å². The van der Waals surface area contributed by atoms with Crippen LogP contribution in [-0.4, -0.2) is 85.9 Å². The fraction of sp³-hybridized carbons (Fsp3) is 0.600. The van der Waals surface area contributed by atoms with Crippen LogP contribution in [0.2, 0.25) is 0 Å². The van der Waals surface area contributed by atoms with Crippen molar-refractivity contribution in [1.82, 2.24) is 15.1 Å². The number of aliphatic hydroxyl groups is 1. The number of morpholine rings is 1. The molecule has 0 unspecified atom stereocenters. The molecule has 2 rings (SSSR count).